The zero-order valence-electron chi connectivity index (χ0n) is 11.1. The highest BCUT2D eigenvalue weighted by Crippen LogP contribution is 2.38. The summed E-state index contributed by atoms with van der Waals surface area (Å²) in [6.45, 7) is 9.72. The molecule has 3 heteroatoms. The molecule has 0 radical (unpaired) electrons. The van der Waals surface area contributed by atoms with Gasteiger partial charge in [-0.3, -0.25) is 0 Å². The van der Waals surface area contributed by atoms with Gasteiger partial charge in [0.2, 0.25) is 0 Å². The lowest BCUT2D eigenvalue weighted by Gasteiger charge is -2.35. The van der Waals surface area contributed by atoms with Crippen molar-refractivity contribution in [2.45, 2.75) is 51.1 Å². The number of epoxide rings is 2. The second-order valence-corrected chi connectivity index (χ2v) is 5.11. The number of hydrogen-bond acceptors (Lipinski definition) is 3. The fraction of sp³-hybridized carbons (Fsp3) is 0.714. The Labute approximate surface area is 103 Å². The minimum atomic E-state index is -0.366. The van der Waals surface area contributed by atoms with E-state index in [0.717, 1.165) is 13.2 Å². The van der Waals surface area contributed by atoms with Crippen molar-refractivity contribution in [3.8, 4) is 0 Å². The van der Waals surface area contributed by atoms with Crippen LogP contribution in [0.2, 0.25) is 0 Å². The molecule has 0 aromatic rings. The number of allylic oxidation sites excluding steroid dienone is 2. The number of rotatable bonds is 6. The van der Waals surface area contributed by atoms with Gasteiger partial charge in [-0.05, 0) is 27.7 Å². The molecule has 2 rings (SSSR count). The van der Waals surface area contributed by atoms with Crippen molar-refractivity contribution in [1.29, 1.82) is 0 Å². The normalized spacial score (nSPS) is 34.8. The van der Waals surface area contributed by atoms with E-state index in [-0.39, 0.29) is 23.4 Å². The van der Waals surface area contributed by atoms with E-state index in [1.165, 1.54) is 0 Å². The van der Waals surface area contributed by atoms with Crippen LogP contribution in [0.25, 0.3) is 0 Å². The van der Waals surface area contributed by atoms with E-state index in [4.69, 9.17) is 14.2 Å². The van der Waals surface area contributed by atoms with E-state index in [2.05, 4.69) is 26.0 Å². The summed E-state index contributed by atoms with van der Waals surface area (Å²) >= 11 is 0. The van der Waals surface area contributed by atoms with Gasteiger partial charge >= 0.3 is 0 Å². The lowest BCUT2D eigenvalue weighted by Crippen LogP contribution is -2.45. The van der Waals surface area contributed by atoms with Crippen LogP contribution in [0.15, 0.2) is 24.3 Å². The molecule has 2 saturated heterocycles. The Morgan fingerprint density at radius 3 is 1.53 bits per heavy atom. The Balaban J connectivity index is 2.14. The summed E-state index contributed by atoms with van der Waals surface area (Å²) in [5.41, 5.74) is -0.732. The lowest BCUT2D eigenvalue weighted by molar-refractivity contribution is -0.111. The van der Waals surface area contributed by atoms with Crippen molar-refractivity contribution >= 4 is 0 Å². The van der Waals surface area contributed by atoms with E-state index in [0.29, 0.717) is 0 Å². The first-order valence-corrected chi connectivity index (χ1v) is 6.25. The predicted molar refractivity (Wildman–Crippen MR) is 67.0 cm³/mol. The third kappa shape index (κ3) is 2.79. The van der Waals surface area contributed by atoms with Gasteiger partial charge in [0.05, 0.1) is 13.2 Å². The minimum Gasteiger partial charge on any atom is -0.370 e. The van der Waals surface area contributed by atoms with Gasteiger partial charge in [-0.25, -0.2) is 0 Å². The Morgan fingerprint density at radius 2 is 1.29 bits per heavy atom. The fourth-order valence-electron chi connectivity index (χ4n) is 2.31. The average molecular weight is 238 g/mol. The van der Waals surface area contributed by atoms with Crippen molar-refractivity contribution in [3.05, 3.63) is 24.3 Å². The van der Waals surface area contributed by atoms with Crippen LogP contribution in [-0.4, -0.2) is 36.6 Å². The van der Waals surface area contributed by atoms with E-state index >= 15 is 0 Å². The predicted octanol–water partition coefficient (Wildman–Crippen LogP) is 2.47. The van der Waals surface area contributed by atoms with Crippen molar-refractivity contribution in [1.82, 2.24) is 0 Å². The highest BCUT2D eigenvalue weighted by molar-refractivity contribution is 5.14. The fourth-order valence-corrected chi connectivity index (χ4v) is 2.31. The van der Waals surface area contributed by atoms with Crippen LogP contribution >= 0.6 is 0 Å². The molecular formula is C14H22O3. The molecule has 2 heterocycles. The summed E-state index contributed by atoms with van der Waals surface area (Å²) in [6.07, 6.45) is 8.53. The molecule has 2 fully saturated rings. The van der Waals surface area contributed by atoms with Crippen molar-refractivity contribution in [3.63, 3.8) is 0 Å². The zero-order chi connectivity index (χ0) is 12.5. The molecule has 0 saturated carbocycles. The highest BCUT2D eigenvalue weighted by Gasteiger charge is 2.51. The summed E-state index contributed by atoms with van der Waals surface area (Å²) in [6, 6.07) is 0. The van der Waals surface area contributed by atoms with Crippen LogP contribution in [0, 0.1) is 0 Å². The van der Waals surface area contributed by atoms with Gasteiger partial charge in [-0.1, -0.05) is 24.3 Å². The largest absolute Gasteiger partial charge is 0.370 e. The van der Waals surface area contributed by atoms with Gasteiger partial charge in [-0.2, -0.15) is 0 Å². The van der Waals surface area contributed by atoms with Gasteiger partial charge in [-0.15, -0.1) is 0 Å². The first-order chi connectivity index (χ1) is 8.04. The van der Waals surface area contributed by atoms with Gasteiger partial charge in [0.15, 0.2) is 0 Å². The first-order valence-electron chi connectivity index (χ1n) is 6.25. The van der Waals surface area contributed by atoms with Gasteiger partial charge < -0.3 is 14.2 Å². The van der Waals surface area contributed by atoms with Crippen LogP contribution in [0.5, 0.6) is 0 Å². The van der Waals surface area contributed by atoms with Crippen LogP contribution in [0.1, 0.15) is 27.7 Å². The molecule has 4 unspecified atom stereocenters. The molecule has 4 atom stereocenters. The van der Waals surface area contributed by atoms with Crippen LogP contribution in [-0.2, 0) is 14.2 Å². The monoisotopic (exact) mass is 238 g/mol. The molecule has 0 bridgehead atoms. The SMILES string of the molecule is CC=CC(C)(OC(C)(C=CC)C1CO1)C1CO1. The third-order valence-corrected chi connectivity index (χ3v) is 3.38. The molecule has 0 amide bonds. The van der Waals surface area contributed by atoms with Crippen LogP contribution < -0.4 is 0 Å². The quantitative estimate of drug-likeness (QED) is 0.526. The molecule has 0 aromatic carbocycles. The zero-order valence-corrected chi connectivity index (χ0v) is 11.1. The summed E-state index contributed by atoms with van der Waals surface area (Å²) in [7, 11) is 0. The maximum Gasteiger partial charge on any atom is 0.113 e. The number of ether oxygens (including phenoxy) is 3. The van der Waals surface area contributed by atoms with Crippen molar-refractivity contribution in [2.24, 2.45) is 0 Å². The Kier molecular flexibility index (Phi) is 3.43. The molecule has 2 aliphatic heterocycles. The maximum absolute atomic E-state index is 6.33. The smallest absolute Gasteiger partial charge is 0.113 e. The van der Waals surface area contributed by atoms with E-state index in [9.17, 15) is 0 Å². The van der Waals surface area contributed by atoms with Gasteiger partial charge in [0.1, 0.15) is 23.4 Å². The average Bonchev–Trinajstić information content (AvgIpc) is 3.10. The van der Waals surface area contributed by atoms with E-state index in [1.54, 1.807) is 0 Å². The van der Waals surface area contributed by atoms with Gasteiger partial charge in [0, 0.05) is 0 Å². The van der Waals surface area contributed by atoms with Crippen molar-refractivity contribution < 1.29 is 14.2 Å². The summed E-state index contributed by atoms with van der Waals surface area (Å²) < 4.78 is 17.1. The Bertz CT molecular complexity index is 296. The van der Waals surface area contributed by atoms with E-state index < -0.39 is 0 Å². The molecule has 0 N–H and O–H groups in total. The molecule has 2 aliphatic rings. The molecule has 0 aliphatic carbocycles. The molecule has 3 nitrogen and oxygen atoms in total. The molecular weight excluding hydrogens is 216 g/mol. The Morgan fingerprint density at radius 1 is 0.941 bits per heavy atom. The molecule has 0 aromatic heterocycles. The Hall–Kier alpha value is -0.640. The first kappa shape index (κ1) is 12.8. The summed E-state index contributed by atoms with van der Waals surface area (Å²) in [4.78, 5) is 0. The molecule has 17 heavy (non-hydrogen) atoms. The molecule has 0 spiro atoms. The minimum absolute atomic E-state index is 0.169. The summed E-state index contributed by atoms with van der Waals surface area (Å²) in [5.74, 6) is 0. The standard InChI is InChI=1S/C14H22O3/c1-5-7-13(3,11-9-15-11)17-14(4,8-6-2)12-10-16-12/h5-8,11-12H,9-10H2,1-4H3. The van der Waals surface area contributed by atoms with Crippen LogP contribution in [0.4, 0.5) is 0 Å². The maximum atomic E-state index is 6.33. The second kappa shape index (κ2) is 4.56. The third-order valence-electron chi connectivity index (χ3n) is 3.38. The molecule has 96 valence electrons. The van der Waals surface area contributed by atoms with Crippen molar-refractivity contribution in [2.75, 3.05) is 13.2 Å². The summed E-state index contributed by atoms with van der Waals surface area (Å²) in [5, 5.41) is 0. The van der Waals surface area contributed by atoms with Gasteiger partial charge in [0.25, 0.3) is 0 Å². The van der Waals surface area contributed by atoms with Crippen LogP contribution in [0.3, 0.4) is 0 Å². The second-order valence-electron chi connectivity index (χ2n) is 5.11. The topological polar surface area (TPSA) is 34.3 Å². The number of hydrogen-bond donors (Lipinski definition) is 0. The van der Waals surface area contributed by atoms with E-state index in [1.807, 2.05) is 26.0 Å². The lowest BCUT2D eigenvalue weighted by atomic mass is 9.96. The highest BCUT2D eigenvalue weighted by atomic mass is 16.6.